The Bertz CT molecular complexity index is 704. The van der Waals surface area contributed by atoms with Crippen LogP contribution in [0.25, 0.3) is 0 Å². The van der Waals surface area contributed by atoms with E-state index in [2.05, 4.69) is 26.3 Å². The standard InChI is InChI=1S/C26H39NO8/c1-7-12-29-18-21-22(30-13-8-2)23(31-14-9-3)24(32-15-10-4)26(35-21)34-20(17-19(5)6)25(28)33-16-11-27/h7-10,19-24,26H,1-4,12-18H2,5-6H3/t20-,21+,22+,23-,24+,26?/m0/s1. The molecule has 0 radical (unpaired) electrons. The van der Waals surface area contributed by atoms with E-state index >= 15 is 0 Å². The average Bonchev–Trinajstić information content (AvgIpc) is 2.84. The Morgan fingerprint density at radius 1 is 0.943 bits per heavy atom. The number of carbonyl (C=O) groups excluding carboxylic acids is 1. The third kappa shape index (κ3) is 10.9. The van der Waals surface area contributed by atoms with Gasteiger partial charge in [-0.3, -0.25) is 0 Å². The van der Waals surface area contributed by atoms with E-state index < -0.39 is 42.8 Å². The molecule has 0 spiro atoms. The first-order valence-electron chi connectivity index (χ1n) is 11.6. The van der Waals surface area contributed by atoms with Crippen LogP contribution in [0.3, 0.4) is 0 Å². The van der Waals surface area contributed by atoms with Crippen LogP contribution >= 0.6 is 0 Å². The fourth-order valence-electron chi connectivity index (χ4n) is 3.49. The molecule has 196 valence electrons. The molecule has 0 aliphatic carbocycles. The summed E-state index contributed by atoms with van der Waals surface area (Å²) in [6.45, 7) is 19.5. The van der Waals surface area contributed by atoms with Gasteiger partial charge in [-0.15, -0.1) is 26.3 Å². The summed E-state index contributed by atoms with van der Waals surface area (Å²) in [6, 6.07) is 1.79. The Labute approximate surface area is 208 Å². The van der Waals surface area contributed by atoms with Crippen molar-refractivity contribution < 1.29 is 38.0 Å². The molecule has 0 aromatic heterocycles. The maximum absolute atomic E-state index is 12.7. The van der Waals surface area contributed by atoms with Gasteiger partial charge < -0.3 is 33.2 Å². The molecule has 0 amide bonds. The number of esters is 1. The zero-order valence-electron chi connectivity index (χ0n) is 20.8. The van der Waals surface area contributed by atoms with Crippen molar-refractivity contribution in [3.05, 3.63) is 50.6 Å². The van der Waals surface area contributed by atoms with Crippen molar-refractivity contribution in [1.29, 1.82) is 5.26 Å². The molecule has 1 aliphatic rings. The first-order chi connectivity index (χ1) is 16.9. The van der Waals surface area contributed by atoms with E-state index in [1.807, 2.05) is 13.8 Å². The summed E-state index contributed by atoms with van der Waals surface area (Å²) in [4.78, 5) is 12.7. The molecule has 9 heteroatoms. The summed E-state index contributed by atoms with van der Waals surface area (Å²) >= 11 is 0. The minimum Gasteiger partial charge on any atom is -0.448 e. The summed E-state index contributed by atoms with van der Waals surface area (Å²) in [5.74, 6) is -0.548. The summed E-state index contributed by atoms with van der Waals surface area (Å²) < 4.78 is 41.2. The van der Waals surface area contributed by atoms with Gasteiger partial charge >= 0.3 is 5.97 Å². The molecule has 1 unspecified atom stereocenters. The molecule has 0 saturated carbocycles. The third-order valence-electron chi connectivity index (χ3n) is 4.85. The number of nitrogens with zero attached hydrogens (tertiary/aromatic N) is 1. The summed E-state index contributed by atoms with van der Waals surface area (Å²) in [5.41, 5.74) is 0. The number of nitriles is 1. The molecule has 1 fully saturated rings. The molecule has 0 N–H and O–H groups in total. The molecule has 1 saturated heterocycles. The van der Waals surface area contributed by atoms with E-state index in [-0.39, 0.29) is 39.0 Å². The molecule has 6 atom stereocenters. The van der Waals surface area contributed by atoms with Gasteiger partial charge in [-0.05, 0) is 12.3 Å². The van der Waals surface area contributed by atoms with Gasteiger partial charge in [-0.1, -0.05) is 38.2 Å². The van der Waals surface area contributed by atoms with Crippen molar-refractivity contribution in [2.24, 2.45) is 5.92 Å². The highest BCUT2D eigenvalue weighted by molar-refractivity contribution is 5.74. The van der Waals surface area contributed by atoms with E-state index in [0.29, 0.717) is 13.0 Å². The maximum atomic E-state index is 12.7. The molecule has 0 aromatic carbocycles. The number of hydrogen-bond donors (Lipinski definition) is 0. The second-order valence-corrected chi connectivity index (χ2v) is 8.15. The van der Waals surface area contributed by atoms with Gasteiger partial charge in [0.25, 0.3) is 0 Å². The molecule has 9 nitrogen and oxygen atoms in total. The Balaban J connectivity index is 3.32. The number of rotatable bonds is 19. The van der Waals surface area contributed by atoms with Crippen LogP contribution < -0.4 is 0 Å². The van der Waals surface area contributed by atoms with Gasteiger partial charge in [0.1, 0.15) is 30.5 Å². The Kier molecular flexibility index (Phi) is 15.8. The second-order valence-electron chi connectivity index (χ2n) is 8.15. The molecule has 1 rings (SSSR count). The SMILES string of the molecule is C=CCOC[C@H]1OC(O[C@@H](CC(C)C)C(=O)OCC#N)[C@H](OCC=C)[C@@H](OCC=C)[C@@H]1OCC=C. The predicted octanol–water partition coefficient (Wildman–Crippen LogP) is 3.13. The number of carbonyl (C=O) groups is 1. The van der Waals surface area contributed by atoms with Crippen molar-refractivity contribution in [1.82, 2.24) is 0 Å². The quantitative estimate of drug-likeness (QED) is 0.152. The lowest BCUT2D eigenvalue weighted by atomic mass is 9.97. The smallest absolute Gasteiger partial charge is 0.336 e. The van der Waals surface area contributed by atoms with Crippen molar-refractivity contribution in [3.63, 3.8) is 0 Å². The van der Waals surface area contributed by atoms with Crippen LogP contribution in [-0.2, 0) is 38.0 Å². The highest BCUT2D eigenvalue weighted by atomic mass is 16.7. The lowest BCUT2D eigenvalue weighted by molar-refractivity contribution is -0.327. The van der Waals surface area contributed by atoms with Crippen molar-refractivity contribution >= 4 is 5.97 Å². The second kappa shape index (κ2) is 18.0. The van der Waals surface area contributed by atoms with Gasteiger partial charge in [-0.2, -0.15) is 5.26 Å². The Hall–Kier alpha value is -2.32. The third-order valence-corrected chi connectivity index (χ3v) is 4.85. The average molecular weight is 494 g/mol. The molecular formula is C26H39NO8. The lowest BCUT2D eigenvalue weighted by Gasteiger charge is -2.46. The largest absolute Gasteiger partial charge is 0.448 e. The summed E-state index contributed by atoms with van der Waals surface area (Å²) in [5, 5.41) is 8.81. The van der Waals surface area contributed by atoms with Gasteiger partial charge in [0.15, 0.2) is 19.0 Å². The lowest BCUT2D eigenvalue weighted by Crippen LogP contribution is -2.62. The summed E-state index contributed by atoms with van der Waals surface area (Å²) in [6.07, 6.45) is 2.15. The van der Waals surface area contributed by atoms with Crippen LogP contribution in [0.4, 0.5) is 0 Å². The van der Waals surface area contributed by atoms with Gasteiger partial charge in [0.05, 0.1) is 33.0 Å². The first kappa shape index (κ1) is 30.7. The molecule has 35 heavy (non-hydrogen) atoms. The predicted molar refractivity (Wildman–Crippen MR) is 130 cm³/mol. The van der Waals surface area contributed by atoms with Crippen LogP contribution in [0, 0.1) is 17.2 Å². The van der Waals surface area contributed by atoms with Crippen LogP contribution in [-0.4, -0.2) is 82.4 Å². The number of hydrogen-bond acceptors (Lipinski definition) is 9. The molecule has 1 aliphatic heterocycles. The minimum absolute atomic E-state index is 0.106. The van der Waals surface area contributed by atoms with Crippen LogP contribution in [0.2, 0.25) is 0 Å². The van der Waals surface area contributed by atoms with E-state index in [1.54, 1.807) is 30.4 Å². The topological polar surface area (TPSA) is 105 Å². The van der Waals surface area contributed by atoms with Gasteiger partial charge in [0.2, 0.25) is 0 Å². The van der Waals surface area contributed by atoms with Crippen molar-refractivity contribution in [3.8, 4) is 6.07 Å². The molecular weight excluding hydrogens is 454 g/mol. The van der Waals surface area contributed by atoms with Crippen molar-refractivity contribution in [2.45, 2.75) is 57.1 Å². The van der Waals surface area contributed by atoms with E-state index in [4.69, 9.17) is 38.4 Å². The zero-order valence-corrected chi connectivity index (χ0v) is 20.8. The van der Waals surface area contributed by atoms with Crippen LogP contribution in [0.15, 0.2) is 50.6 Å². The van der Waals surface area contributed by atoms with Gasteiger partial charge in [0, 0.05) is 0 Å². The van der Waals surface area contributed by atoms with E-state index in [0.717, 1.165) is 0 Å². The fourth-order valence-corrected chi connectivity index (χ4v) is 3.49. The zero-order chi connectivity index (χ0) is 26.1. The number of ether oxygens (including phenoxy) is 7. The molecule has 0 bridgehead atoms. The normalized spacial score (nSPS) is 24.8. The fraction of sp³-hybridized carbons (Fsp3) is 0.615. The molecule has 1 heterocycles. The Morgan fingerprint density at radius 2 is 1.51 bits per heavy atom. The molecule has 0 aromatic rings. The minimum atomic E-state index is -1.02. The summed E-state index contributed by atoms with van der Waals surface area (Å²) in [7, 11) is 0. The van der Waals surface area contributed by atoms with Gasteiger partial charge in [-0.25, -0.2) is 4.79 Å². The van der Waals surface area contributed by atoms with Crippen LogP contribution in [0.1, 0.15) is 20.3 Å². The first-order valence-corrected chi connectivity index (χ1v) is 11.6. The van der Waals surface area contributed by atoms with E-state index in [9.17, 15) is 4.79 Å². The Morgan fingerprint density at radius 3 is 2.06 bits per heavy atom. The van der Waals surface area contributed by atoms with E-state index in [1.165, 1.54) is 0 Å². The monoisotopic (exact) mass is 493 g/mol. The maximum Gasteiger partial charge on any atom is 0.336 e. The highest BCUT2D eigenvalue weighted by Crippen LogP contribution is 2.31. The van der Waals surface area contributed by atoms with Crippen molar-refractivity contribution in [2.75, 3.05) is 39.6 Å². The highest BCUT2D eigenvalue weighted by Gasteiger charge is 2.50. The van der Waals surface area contributed by atoms with Crippen LogP contribution in [0.5, 0.6) is 0 Å².